The molecule has 0 aromatic carbocycles. The van der Waals surface area contributed by atoms with E-state index in [2.05, 4.69) is 39.7 Å². The lowest BCUT2D eigenvalue weighted by Crippen LogP contribution is -2.13. The van der Waals surface area contributed by atoms with Crippen molar-refractivity contribution in [2.24, 2.45) is 0 Å². The van der Waals surface area contributed by atoms with Crippen molar-refractivity contribution in [2.45, 2.75) is 11.7 Å². The Kier molecular flexibility index (Phi) is 4.69. The van der Waals surface area contributed by atoms with Gasteiger partial charge in [0.25, 0.3) is 0 Å². The maximum Gasteiger partial charge on any atom is 0.138 e. The van der Waals surface area contributed by atoms with Crippen LogP contribution in [-0.2, 0) is 0 Å². The van der Waals surface area contributed by atoms with Crippen LogP contribution in [0.5, 0.6) is 5.75 Å². The quantitative estimate of drug-likeness (QED) is 0.816. The van der Waals surface area contributed by atoms with Crippen LogP contribution in [0, 0.1) is 11.3 Å². The van der Waals surface area contributed by atoms with E-state index in [4.69, 9.17) is 15.1 Å². The van der Waals surface area contributed by atoms with Gasteiger partial charge in [0.1, 0.15) is 11.8 Å². The van der Waals surface area contributed by atoms with Gasteiger partial charge in [-0.1, -0.05) is 0 Å². The van der Waals surface area contributed by atoms with Gasteiger partial charge in [-0.3, -0.25) is 0 Å². The molecule has 7 heteroatoms. The van der Waals surface area contributed by atoms with E-state index in [0.29, 0.717) is 29.9 Å². The highest BCUT2D eigenvalue weighted by Gasteiger charge is 2.10. The zero-order valence-corrected chi connectivity index (χ0v) is 12.4. The minimum Gasteiger partial charge on any atom is -0.491 e. The predicted octanol–water partition coefficient (Wildman–Crippen LogP) is 2.03. The van der Waals surface area contributed by atoms with Gasteiger partial charge in [-0.15, -0.1) is 0 Å². The van der Waals surface area contributed by atoms with Crippen LogP contribution in [0.1, 0.15) is 12.0 Å². The van der Waals surface area contributed by atoms with Gasteiger partial charge < -0.3 is 9.84 Å². The Morgan fingerprint density at radius 3 is 3.11 bits per heavy atom. The largest absolute Gasteiger partial charge is 0.491 e. The molecule has 0 bridgehead atoms. The summed E-state index contributed by atoms with van der Waals surface area (Å²) in [5.74, 6) is 0.629. The number of hydrogen-bond donors (Lipinski definition) is 2. The van der Waals surface area contributed by atoms with E-state index in [1.807, 2.05) is 0 Å². The molecule has 0 aliphatic carbocycles. The van der Waals surface area contributed by atoms with Crippen LogP contribution in [0.2, 0.25) is 0 Å². The minimum atomic E-state index is -0.0215. The summed E-state index contributed by atoms with van der Waals surface area (Å²) in [6, 6.07) is 3.87. The third-order valence-corrected chi connectivity index (χ3v) is 3.58. The molecule has 0 aliphatic rings. The van der Waals surface area contributed by atoms with Crippen LogP contribution in [0.3, 0.4) is 0 Å². The molecule has 0 saturated heterocycles. The second-order valence-electron chi connectivity index (χ2n) is 3.96. The Labute approximate surface area is 124 Å². The normalized spacial score (nSPS) is 12.3. The molecule has 1 unspecified atom stereocenters. The fraction of sp³-hybridized carbons (Fsp3) is 0.333. The summed E-state index contributed by atoms with van der Waals surface area (Å²) < 4.78 is 7.93. The van der Waals surface area contributed by atoms with Crippen molar-refractivity contribution in [2.75, 3.05) is 13.2 Å². The fourth-order valence-corrected chi connectivity index (χ4v) is 2.45. The van der Waals surface area contributed by atoms with Gasteiger partial charge in [0.2, 0.25) is 0 Å². The average Bonchev–Trinajstić information content (AvgIpc) is 2.80. The zero-order chi connectivity index (χ0) is 13.8. The summed E-state index contributed by atoms with van der Waals surface area (Å²) in [6.45, 7) is 0.485. The highest BCUT2D eigenvalue weighted by Crippen LogP contribution is 2.26. The summed E-state index contributed by atoms with van der Waals surface area (Å²) in [4.78, 5) is 0. The summed E-state index contributed by atoms with van der Waals surface area (Å²) in [7, 11) is 0. The van der Waals surface area contributed by atoms with Crippen molar-refractivity contribution < 1.29 is 9.84 Å². The number of halogens is 1. The van der Waals surface area contributed by atoms with E-state index < -0.39 is 0 Å². The first-order valence-corrected chi connectivity index (χ1v) is 6.95. The number of ether oxygens (including phenoxy) is 1. The molecule has 1 atom stereocenters. The lowest BCUT2D eigenvalue weighted by Gasteiger charge is -2.11. The van der Waals surface area contributed by atoms with E-state index in [1.54, 1.807) is 16.8 Å². The maximum atomic E-state index is 8.96. The van der Waals surface area contributed by atoms with Gasteiger partial charge >= 0.3 is 0 Å². The molecule has 0 aliphatic heterocycles. The number of aromatic nitrogens is 2. The van der Waals surface area contributed by atoms with Gasteiger partial charge in [-0.25, -0.2) is 4.52 Å². The van der Waals surface area contributed by atoms with Crippen LogP contribution < -0.4 is 4.74 Å². The van der Waals surface area contributed by atoms with Gasteiger partial charge in [0, 0.05) is 16.3 Å². The molecule has 5 nitrogen and oxygen atoms in total. The van der Waals surface area contributed by atoms with Gasteiger partial charge in [0.15, 0.2) is 0 Å². The molecule has 2 heterocycles. The van der Waals surface area contributed by atoms with Gasteiger partial charge in [-0.05, 0) is 28.4 Å². The Morgan fingerprint density at radius 2 is 2.42 bits per heavy atom. The second kappa shape index (κ2) is 6.28. The van der Waals surface area contributed by atoms with E-state index in [1.165, 1.54) is 6.20 Å². The van der Waals surface area contributed by atoms with E-state index in [9.17, 15) is 0 Å². The molecular formula is C12H12BrN3O2S. The molecule has 0 radical (unpaired) electrons. The Morgan fingerprint density at radius 1 is 1.63 bits per heavy atom. The number of rotatable bonds is 5. The number of aliphatic hydroxyl groups excluding tert-OH is 1. The molecule has 2 rings (SSSR count). The lowest BCUT2D eigenvalue weighted by molar-refractivity contribution is 0.258. The van der Waals surface area contributed by atoms with Crippen molar-refractivity contribution in [3.63, 3.8) is 0 Å². The SMILES string of the molecule is N#Cc1cnn2cc(OCC(S)CCO)cc(Br)c12. The van der Waals surface area contributed by atoms with E-state index in [0.717, 1.165) is 4.47 Å². The summed E-state index contributed by atoms with van der Waals surface area (Å²) in [5.41, 5.74) is 1.22. The third kappa shape index (κ3) is 3.21. The number of thiol groups is 1. The molecule has 0 saturated carbocycles. The smallest absolute Gasteiger partial charge is 0.138 e. The predicted molar refractivity (Wildman–Crippen MR) is 77.6 cm³/mol. The molecular weight excluding hydrogens is 330 g/mol. The number of nitriles is 1. The Bertz CT molecular complexity index is 623. The molecule has 0 fully saturated rings. The number of fused-ring (bicyclic) bond motifs is 1. The molecule has 2 aromatic heterocycles. The van der Waals surface area contributed by atoms with Gasteiger partial charge in [0.05, 0.1) is 30.1 Å². The van der Waals surface area contributed by atoms with Crippen molar-refractivity contribution in [3.8, 4) is 11.8 Å². The monoisotopic (exact) mass is 341 g/mol. The van der Waals surface area contributed by atoms with Crippen molar-refractivity contribution in [3.05, 3.63) is 28.5 Å². The molecule has 19 heavy (non-hydrogen) atoms. The minimum absolute atomic E-state index is 0.0215. The molecule has 100 valence electrons. The molecule has 2 aromatic rings. The van der Waals surface area contributed by atoms with E-state index in [-0.39, 0.29) is 11.9 Å². The van der Waals surface area contributed by atoms with Crippen LogP contribution in [-0.4, -0.2) is 33.2 Å². The number of nitrogens with zero attached hydrogens (tertiary/aromatic N) is 3. The lowest BCUT2D eigenvalue weighted by atomic mass is 10.3. The molecule has 0 spiro atoms. The first-order valence-electron chi connectivity index (χ1n) is 5.64. The summed E-state index contributed by atoms with van der Waals surface area (Å²) in [5, 5.41) is 21.8. The maximum absolute atomic E-state index is 8.96. The summed E-state index contributed by atoms with van der Waals surface area (Å²) in [6.07, 6.45) is 3.80. The average molecular weight is 342 g/mol. The number of aliphatic hydroxyl groups is 1. The number of pyridine rings is 1. The van der Waals surface area contributed by atoms with Crippen LogP contribution in [0.15, 0.2) is 22.9 Å². The topological polar surface area (TPSA) is 70.6 Å². The number of hydrogen-bond acceptors (Lipinski definition) is 5. The second-order valence-corrected chi connectivity index (χ2v) is 5.55. The standard InChI is InChI=1S/C12H12BrN3O2S/c13-11-3-9(18-7-10(19)1-2-17)6-16-12(11)8(4-14)5-15-16/h3,5-6,10,17,19H,1-2,7H2. The third-order valence-electron chi connectivity index (χ3n) is 2.57. The van der Waals surface area contributed by atoms with Crippen LogP contribution in [0.4, 0.5) is 0 Å². The van der Waals surface area contributed by atoms with Crippen molar-refractivity contribution >= 4 is 34.1 Å². The van der Waals surface area contributed by atoms with E-state index >= 15 is 0 Å². The van der Waals surface area contributed by atoms with Gasteiger partial charge in [-0.2, -0.15) is 23.0 Å². The Hall–Kier alpha value is -1.23. The summed E-state index contributed by atoms with van der Waals surface area (Å²) >= 11 is 7.70. The zero-order valence-electron chi connectivity index (χ0n) is 9.95. The van der Waals surface area contributed by atoms with Crippen molar-refractivity contribution in [1.82, 2.24) is 9.61 Å². The first kappa shape index (κ1) is 14.2. The Balaban J connectivity index is 2.20. The van der Waals surface area contributed by atoms with Crippen LogP contribution >= 0.6 is 28.6 Å². The molecule has 0 amide bonds. The highest BCUT2D eigenvalue weighted by atomic mass is 79.9. The fourth-order valence-electron chi connectivity index (χ4n) is 1.63. The highest BCUT2D eigenvalue weighted by molar-refractivity contribution is 9.10. The van der Waals surface area contributed by atoms with Crippen molar-refractivity contribution in [1.29, 1.82) is 5.26 Å². The first-order chi connectivity index (χ1) is 9.15. The van der Waals surface area contributed by atoms with Crippen LogP contribution in [0.25, 0.3) is 5.52 Å². The molecule has 1 N–H and O–H groups in total.